The zero-order chi connectivity index (χ0) is 13.3. The first kappa shape index (κ1) is 12.8. The molecule has 5 heteroatoms. The average molecular weight is 265 g/mol. The number of rotatable bonds is 4. The molecule has 0 unspecified atom stereocenters. The van der Waals surface area contributed by atoms with Crippen molar-refractivity contribution < 1.29 is 19.3 Å². The Morgan fingerprint density at radius 2 is 2.16 bits per heavy atom. The molecular formula is C14H19NO4. The van der Waals surface area contributed by atoms with Gasteiger partial charge < -0.3 is 19.3 Å². The van der Waals surface area contributed by atoms with E-state index < -0.39 is 0 Å². The third kappa shape index (κ3) is 2.73. The lowest BCUT2D eigenvalue weighted by molar-refractivity contribution is -0.217. The molecule has 3 rings (SSSR count). The van der Waals surface area contributed by atoms with Crippen molar-refractivity contribution >= 4 is 0 Å². The Hall–Kier alpha value is -1.17. The Morgan fingerprint density at radius 3 is 2.79 bits per heavy atom. The van der Waals surface area contributed by atoms with E-state index in [2.05, 4.69) is 4.98 Å². The summed E-state index contributed by atoms with van der Waals surface area (Å²) in [7, 11) is 0. The highest BCUT2D eigenvalue weighted by atomic mass is 16.7. The highest BCUT2D eigenvalue weighted by molar-refractivity contribution is 5.34. The van der Waals surface area contributed by atoms with E-state index in [0.717, 1.165) is 24.5 Å². The van der Waals surface area contributed by atoms with Crippen LogP contribution in [0, 0.1) is 12.3 Å². The van der Waals surface area contributed by atoms with Gasteiger partial charge in [-0.05, 0) is 25.8 Å². The van der Waals surface area contributed by atoms with E-state index >= 15 is 0 Å². The Morgan fingerprint density at radius 1 is 1.42 bits per heavy atom. The average Bonchev–Trinajstić information content (AvgIpc) is 3.19. The molecule has 0 bridgehead atoms. The molecule has 2 heterocycles. The Bertz CT molecular complexity index is 449. The van der Waals surface area contributed by atoms with Crippen LogP contribution in [0.4, 0.5) is 0 Å². The first-order valence-corrected chi connectivity index (χ1v) is 6.64. The summed E-state index contributed by atoms with van der Waals surface area (Å²) in [5.74, 6) is 0.720. The van der Waals surface area contributed by atoms with E-state index in [9.17, 15) is 0 Å². The van der Waals surface area contributed by atoms with Crippen LogP contribution in [0.2, 0.25) is 0 Å². The Labute approximate surface area is 112 Å². The van der Waals surface area contributed by atoms with Gasteiger partial charge in [0, 0.05) is 17.2 Å². The first-order valence-electron chi connectivity index (χ1n) is 6.64. The van der Waals surface area contributed by atoms with Crippen LogP contribution in [-0.4, -0.2) is 36.2 Å². The molecule has 1 saturated carbocycles. The van der Waals surface area contributed by atoms with Crippen molar-refractivity contribution in [3.05, 3.63) is 23.5 Å². The lowest BCUT2D eigenvalue weighted by Gasteiger charge is -2.29. The fourth-order valence-electron chi connectivity index (χ4n) is 2.22. The summed E-state index contributed by atoms with van der Waals surface area (Å²) >= 11 is 0. The molecule has 0 atom stereocenters. The molecule has 2 fully saturated rings. The van der Waals surface area contributed by atoms with Crippen molar-refractivity contribution in [1.82, 2.24) is 4.98 Å². The van der Waals surface area contributed by atoms with Crippen LogP contribution in [0.5, 0.6) is 5.75 Å². The summed E-state index contributed by atoms with van der Waals surface area (Å²) in [6.07, 6.45) is 3.76. The van der Waals surface area contributed by atoms with Crippen molar-refractivity contribution in [2.45, 2.75) is 32.7 Å². The number of aromatic nitrogens is 1. The van der Waals surface area contributed by atoms with E-state index in [1.165, 1.54) is 12.8 Å². The SMILES string of the molecule is Cc1c(OCC2OCC3(CC3)CO2)ccnc1CO. The van der Waals surface area contributed by atoms with E-state index in [1.54, 1.807) is 12.3 Å². The monoisotopic (exact) mass is 265 g/mol. The van der Waals surface area contributed by atoms with Crippen LogP contribution < -0.4 is 4.74 Å². The summed E-state index contributed by atoms with van der Waals surface area (Å²) in [5, 5.41) is 9.16. The lowest BCUT2D eigenvalue weighted by Crippen LogP contribution is -2.36. The summed E-state index contributed by atoms with van der Waals surface area (Å²) in [6.45, 7) is 3.72. The van der Waals surface area contributed by atoms with Crippen LogP contribution in [-0.2, 0) is 16.1 Å². The molecule has 2 aliphatic rings. The van der Waals surface area contributed by atoms with Gasteiger partial charge in [-0.25, -0.2) is 0 Å². The number of aliphatic hydroxyl groups is 1. The van der Waals surface area contributed by atoms with Crippen molar-refractivity contribution in [3.8, 4) is 5.75 Å². The highest BCUT2D eigenvalue weighted by Crippen LogP contribution is 2.48. The molecule has 19 heavy (non-hydrogen) atoms. The zero-order valence-electron chi connectivity index (χ0n) is 11.1. The van der Waals surface area contributed by atoms with Gasteiger partial charge in [0.15, 0.2) is 6.29 Å². The smallest absolute Gasteiger partial charge is 0.191 e. The molecule has 104 valence electrons. The van der Waals surface area contributed by atoms with Crippen molar-refractivity contribution in [2.75, 3.05) is 19.8 Å². The minimum atomic E-state index is -0.295. The zero-order valence-corrected chi connectivity index (χ0v) is 11.1. The molecule has 1 N–H and O–H groups in total. The quantitative estimate of drug-likeness (QED) is 0.892. The second-order valence-corrected chi connectivity index (χ2v) is 5.40. The van der Waals surface area contributed by atoms with Crippen LogP contribution in [0.15, 0.2) is 12.3 Å². The van der Waals surface area contributed by atoms with Gasteiger partial charge in [0.2, 0.25) is 0 Å². The molecule has 0 radical (unpaired) electrons. The minimum Gasteiger partial charge on any atom is -0.488 e. The molecule has 5 nitrogen and oxygen atoms in total. The van der Waals surface area contributed by atoms with Gasteiger partial charge in [-0.15, -0.1) is 0 Å². The normalized spacial score (nSPS) is 21.6. The van der Waals surface area contributed by atoms with Crippen LogP contribution in [0.25, 0.3) is 0 Å². The molecule has 1 aromatic rings. The van der Waals surface area contributed by atoms with Crippen molar-refractivity contribution in [3.63, 3.8) is 0 Å². The standard InChI is InChI=1S/C14H19NO4/c1-10-11(6-16)15-5-2-12(10)17-7-13-18-8-14(3-4-14)9-19-13/h2,5,13,16H,3-4,6-9H2,1H3. The fraction of sp³-hybridized carbons (Fsp3) is 0.643. The van der Waals surface area contributed by atoms with E-state index in [-0.39, 0.29) is 12.9 Å². The van der Waals surface area contributed by atoms with Gasteiger partial charge in [-0.2, -0.15) is 0 Å². The predicted molar refractivity (Wildman–Crippen MR) is 67.8 cm³/mol. The van der Waals surface area contributed by atoms with Gasteiger partial charge in [0.1, 0.15) is 12.4 Å². The maximum atomic E-state index is 9.16. The minimum absolute atomic E-state index is 0.0814. The molecule has 1 saturated heterocycles. The second kappa shape index (κ2) is 5.07. The molecular weight excluding hydrogens is 246 g/mol. The topological polar surface area (TPSA) is 60.8 Å². The van der Waals surface area contributed by atoms with Crippen molar-refractivity contribution in [2.24, 2.45) is 5.41 Å². The van der Waals surface area contributed by atoms with Gasteiger partial charge >= 0.3 is 0 Å². The lowest BCUT2D eigenvalue weighted by atomic mass is 10.1. The number of ether oxygens (including phenoxy) is 3. The summed E-state index contributed by atoms with van der Waals surface area (Å²) in [4.78, 5) is 4.09. The number of hydrogen-bond donors (Lipinski definition) is 1. The van der Waals surface area contributed by atoms with Crippen LogP contribution in [0.3, 0.4) is 0 Å². The van der Waals surface area contributed by atoms with Gasteiger partial charge in [-0.1, -0.05) is 0 Å². The van der Waals surface area contributed by atoms with Gasteiger partial charge in [0.05, 0.1) is 25.5 Å². The molecule has 0 amide bonds. The second-order valence-electron chi connectivity index (χ2n) is 5.40. The third-order valence-electron chi connectivity index (χ3n) is 3.89. The number of pyridine rings is 1. The Balaban J connectivity index is 1.54. The van der Waals surface area contributed by atoms with Crippen molar-refractivity contribution in [1.29, 1.82) is 0 Å². The summed E-state index contributed by atoms with van der Waals surface area (Å²) in [5.41, 5.74) is 1.81. The van der Waals surface area contributed by atoms with E-state index in [0.29, 0.717) is 17.7 Å². The summed E-state index contributed by atoms with van der Waals surface area (Å²) < 4.78 is 17.0. The molecule has 0 aromatic carbocycles. The van der Waals surface area contributed by atoms with Crippen LogP contribution in [0.1, 0.15) is 24.1 Å². The molecule has 1 aliphatic carbocycles. The predicted octanol–water partition coefficient (Wildman–Crippen LogP) is 1.41. The first-order chi connectivity index (χ1) is 9.22. The highest BCUT2D eigenvalue weighted by Gasteiger charge is 2.47. The fourth-order valence-corrected chi connectivity index (χ4v) is 2.22. The number of nitrogens with zero attached hydrogens (tertiary/aromatic N) is 1. The molecule has 1 aromatic heterocycles. The molecule has 1 aliphatic heterocycles. The summed E-state index contributed by atoms with van der Waals surface area (Å²) in [6, 6.07) is 1.79. The maximum absolute atomic E-state index is 9.16. The maximum Gasteiger partial charge on any atom is 0.191 e. The van der Waals surface area contributed by atoms with E-state index in [1.807, 2.05) is 6.92 Å². The number of aliphatic hydroxyl groups excluding tert-OH is 1. The third-order valence-corrected chi connectivity index (χ3v) is 3.89. The van der Waals surface area contributed by atoms with E-state index in [4.69, 9.17) is 19.3 Å². The largest absolute Gasteiger partial charge is 0.488 e. The number of hydrogen-bond acceptors (Lipinski definition) is 5. The van der Waals surface area contributed by atoms with Gasteiger partial charge in [0.25, 0.3) is 0 Å². The van der Waals surface area contributed by atoms with Crippen LogP contribution >= 0.6 is 0 Å². The van der Waals surface area contributed by atoms with Gasteiger partial charge in [-0.3, -0.25) is 4.98 Å². The Kier molecular flexibility index (Phi) is 3.43. The molecule has 1 spiro atoms.